The molecule has 0 aliphatic rings. The third kappa shape index (κ3) is 5.40. The molecule has 0 amide bonds. The summed E-state index contributed by atoms with van der Waals surface area (Å²) in [5.74, 6) is -0.259. The number of benzene rings is 1. The van der Waals surface area contributed by atoms with Crippen LogP contribution in [0.3, 0.4) is 0 Å². The van der Waals surface area contributed by atoms with Gasteiger partial charge in [0.05, 0.1) is 4.90 Å². The smallest absolute Gasteiger partial charge is 0.297 e. The molecule has 0 spiro atoms. The highest BCUT2D eigenvalue weighted by Crippen LogP contribution is 2.16. The van der Waals surface area contributed by atoms with E-state index in [1.165, 1.54) is 24.3 Å². The first-order chi connectivity index (χ1) is 8.95. The molecule has 0 aliphatic heterocycles. The Morgan fingerprint density at radius 2 is 1.84 bits per heavy atom. The van der Waals surface area contributed by atoms with Gasteiger partial charge in [-0.15, -0.1) is 0 Å². The first kappa shape index (κ1) is 15.7. The Morgan fingerprint density at radius 3 is 2.42 bits per heavy atom. The van der Waals surface area contributed by atoms with Gasteiger partial charge in [0, 0.05) is 6.42 Å². The fourth-order valence-corrected chi connectivity index (χ4v) is 2.36. The Bertz CT molecular complexity index is 504. The van der Waals surface area contributed by atoms with E-state index < -0.39 is 16.7 Å². The van der Waals surface area contributed by atoms with Crippen LogP contribution >= 0.6 is 0 Å². The SMILES string of the molecule is CCCCCC(=O)COS(=O)(=O)c1ccc(O)cc1. The third-order valence-electron chi connectivity index (χ3n) is 2.56. The van der Waals surface area contributed by atoms with Gasteiger partial charge in [-0.2, -0.15) is 8.42 Å². The molecule has 1 aromatic rings. The summed E-state index contributed by atoms with van der Waals surface area (Å²) in [4.78, 5) is 11.3. The highest BCUT2D eigenvalue weighted by atomic mass is 32.2. The van der Waals surface area contributed by atoms with E-state index in [9.17, 15) is 13.2 Å². The Kier molecular flexibility index (Phi) is 5.98. The van der Waals surface area contributed by atoms with Crippen LogP contribution in [-0.2, 0) is 19.1 Å². The first-order valence-electron chi connectivity index (χ1n) is 6.16. The largest absolute Gasteiger partial charge is 0.508 e. The van der Waals surface area contributed by atoms with Gasteiger partial charge < -0.3 is 5.11 Å². The molecule has 1 N–H and O–H groups in total. The quantitative estimate of drug-likeness (QED) is 0.585. The lowest BCUT2D eigenvalue weighted by molar-refractivity contribution is -0.121. The Hall–Kier alpha value is -1.40. The zero-order chi connectivity index (χ0) is 14.3. The van der Waals surface area contributed by atoms with E-state index in [0.717, 1.165) is 19.3 Å². The van der Waals surface area contributed by atoms with Crippen molar-refractivity contribution in [1.82, 2.24) is 0 Å². The summed E-state index contributed by atoms with van der Waals surface area (Å²) in [5, 5.41) is 9.07. The molecule has 0 radical (unpaired) electrons. The molecule has 1 rings (SSSR count). The number of unbranched alkanes of at least 4 members (excludes halogenated alkanes) is 2. The van der Waals surface area contributed by atoms with Crippen molar-refractivity contribution >= 4 is 15.9 Å². The summed E-state index contributed by atoms with van der Waals surface area (Å²) in [6.07, 6.45) is 3.02. The van der Waals surface area contributed by atoms with E-state index in [2.05, 4.69) is 4.18 Å². The third-order valence-corrected chi connectivity index (χ3v) is 3.84. The molecule has 0 aromatic heterocycles. The van der Waals surface area contributed by atoms with Crippen LogP contribution in [0.15, 0.2) is 29.2 Å². The maximum atomic E-state index is 11.7. The number of aromatic hydroxyl groups is 1. The molecule has 0 saturated carbocycles. The number of ketones is 1. The summed E-state index contributed by atoms with van der Waals surface area (Å²) in [6.45, 7) is 1.59. The molecule has 5 nitrogen and oxygen atoms in total. The Labute approximate surface area is 113 Å². The zero-order valence-electron chi connectivity index (χ0n) is 10.8. The second-order valence-corrected chi connectivity index (χ2v) is 5.82. The summed E-state index contributed by atoms with van der Waals surface area (Å²) < 4.78 is 28.1. The summed E-state index contributed by atoms with van der Waals surface area (Å²) in [7, 11) is -3.93. The maximum absolute atomic E-state index is 11.7. The van der Waals surface area contributed by atoms with E-state index in [1.807, 2.05) is 6.92 Å². The molecule has 0 heterocycles. The molecule has 0 unspecified atom stereocenters. The minimum atomic E-state index is -3.93. The van der Waals surface area contributed by atoms with Gasteiger partial charge in [-0.1, -0.05) is 19.8 Å². The lowest BCUT2D eigenvalue weighted by Gasteiger charge is -2.05. The van der Waals surface area contributed by atoms with Crippen LogP contribution < -0.4 is 0 Å². The van der Waals surface area contributed by atoms with Crippen molar-refractivity contribution in [3.63, 3.8) is 0 Å². The van der Waals surface area contributed by atoms with Gasteiger partial charge >= 0.3 is 0 Å². The van der Waals surface area contributed by atoms with E-state index in [1.54, 1.807) is 0 Å². The molecule has 0 aliphatic carbocycles. The van der Waals surface area contributed by atoms with Crippen LogP contribution in [0.5, 0.6) is 5.75 Å². The summed E-state index contributed by atoms with van der Waals surface area (Å²) >= 11 is 0. The minimum absolute atomic E-state index is 0.0328. The highest BCUT2D eigenvalue weighted by Gasteiger charge is 2.16. The van der Waals surface area contributed by atoms with Gasteiger partial charge in [-0.3, -0.25) is 8.98 Å². The molecule has 1 aromatic carbocycles. The van der Waals surface area contributed by atoms with Crippen molar-refractivity contribution < 1.29 is 22.5 Å². The predicted octanol–water partition coefficient (Wildman–Crippen LogP) is 2.25. The predicted molar refractivity (Wildman–Crippen MR) is 70.4 cm³/mol. The lowest BCUT2D eigenvalue weighted by Crippen LogP contribution is -2.14. The van der Waals surface area contributed by atoms with E-state index >= 15 is 0 Å². The average molecular weight is 286 g/mol. The second-order valence-electron chi connectivity index (χ2n) is 4.21. The zero-order valence-corrected chi connectivity index (χ0v) is 11.6. The van der Waals surface area contributed by atoms with Gasteiger partial charge in [-0.25, -0.2) is 0 Å². The molecule has 0 atom stereocenters. The van der Waals surface area contributed by atoms with Crippen molar-refractivity contribution in [1.29, 1.82) is 0 Å². The second kappa shape index (κ2) is 7.25. The average Bonchev–Trinajstić information content (AvgIpc) is 2.37. The van der Waals surface area contributed by atoms with E-state index in [0.29, 0.717) is 6.42 Å². The maximum Gasteiger partial charge on any atom is 0.297 e. The number of hydrogen-bond acceptors (Lipinski definition) is 5. The van der Waals surface area contributed by atoms with E-state index in [4.69, 9.17) is 5.11 Å². The van der Waals surface area contributed by atoms with Crippen molar-refractivity contribution in [3.8, 4) is 5.75 Å². The van der Waals surface area contributed by atoms with Crippen molar-refractivity contribution in [2.24, 2.45) is 0 Å². The van der Waals surface area contributed by atoms with Crippen molar-refractivity contribution in [2.75, 3.05) is 6.61 Å². The van der Waals surface area contributed by atoms with Crippen molar-refractivity contribution in [2.45, 2.75) is 37.5 Å². The van der Waals surface area contributed by atoms with Crippen LogP contribution in [0.1, 0.15) is 32.6 Å². The van der Waals surface area contributed by atoms with Gasteiger partial charge in [0.2, 0.25) is 0 Å². The van der Waals surface area contributed by atoms with Gasteiger partial charge in [0.1, 0.15) is 12.4 Å². The van der Waals surface area contributed by atoms with E-state index in [-0.39, 0.29) is 16.4 Å². The Morgan fingerprint density at radius 1 is 1.21 bits per heavy atom. The van der Waals surface area contributed by atoms with Gasteiger partial charge in [0.15, 0.2) is 5.78 Å². The van der Waals surface area contributed by atoms with Crippen molar-refractivity contribution in [3.05, 3.63) is 24.3 Å². The minimum Gasteiger partial charge on any atom is -0.508 e. The molecular weight excluding hydrogens is 268 g/mol. The van der Waals surface area contributed by atoms with Gasteiger partial charge in [0.25, 0.3) is 10.1 Å². The highest BCUT2D eigenvalue weighted by molar-refractivity contribution is 7.86. The molecule has 106 valence electrons. The normalized spacial score (nSPS) is 11.4. The number of rotatable bonds is 8. The molecule has 6 heteroatoms. The molecule has 0 fully saturated rings. The Balaban J connectivity index is 2.51. The molecule has 0 saturated heterocycles. The number of phenols is 1. The number of phenolic OH excluding ortho intramolecular Hbond substituents is 1. The fraction of sp³-hybridized carbons (Fsp3) is 0.462. The molecule has 19 heavy (non-hydrogen) atoms. The van der Waals surface area contributed by atoms with Crippen LogP contribution in [0.2, 0.25) is 0 Å². The molecular formula is C13H18O5S. The summed E-state index contributed by atoms with van der Waals surface area (Å²) in [6, 6.07) is 4.96. The number of carbonyl (C=O) groups is 1. The standard InChI is InChI=1S/C13H18O5S/c1-2-3-4-5-12(15)10-18-19(16,17)13-8-6-11(14)7-9-13/h6-9,14H,2-5,10H2,1H3. The molecule has 0 bridgehead atoms. The summed E-state index contributed by atoms with van der Waals surface area (Å²) in [5.41, 5.74) is 0. The number of Topliss-reactive ketones (excluding diaryl/α,β-unsaturated/α-hetero) is 1. The number of carbonyl (C=O) groups excluding carboxylic acids is 1. The van der Waals surface area contributed by atoms with Crippen LogP contribution in [0.4, 0.5) is 0 Å². The van der Waals surface area contributed by atoms with Gasteiger partial charge in [-0.05, 0) is 30.7 Å². The van der Waals surface area contributed by atoms with Crippen LogP contribution in [0, 0.1) is 0 Å². The fourth-order valence-electron chi connectivity index (χ4n) is 1.47. The monoisotopic (exact) mass is 286 g/mol. The topological polar surface area (TPSA) is 80.7 Å². The first-order valence-corrected chi connectivity index (χ1v) is 7.56. The lowest BCUT2D eigenvalue weighted by atomic mass is 10.1. The van der Waals surface area contributed by atoms with Crippen LogP contribution in [-0.4, -0.2) is 25.9 Å². The van der Waals surface area contributed by atoms with Crippen LogP contribution in [0.25, 0.3) is 0 Å². The number of hydrogen-bond donors (Lipinski definition) is 1.